The molecule has 244 valence electrons. The van der Waals surface area contributed by atoms with Crippen LogP contribution in [0, 0.1) is 17.3 Å². The summed E-state index contributed by atoms with van der Waals surface area (Å²) in [5, 5.41) is 0. The van der Waals surface area contributed by atoms with Gasteiger partial charge >= 0.3 is 6.09 Å². The molecule has 1 aromatic rings. The molecule has 0 heterocycles. The fraction of sp³-hybridized carbons (Fsp3) is 0.789. The number of likely N-dealkylation sites (N-methyl/N-ethyl adjacent to an activating group) is 1. The average Bonchev–Trinajstić information content (AvgIpc) is 3.69. The summed E-state index contributed by atoms with van der Waals surface area (Å²) < 4.78 is 10.6. The molecule has 3 aliphatic rings. The van der Waals surface area contributed by atoms with Crippen LogP contribution in [0.15, 0.2) is 30.3 Å². The van der Waals surface area contributed by atoms with E-state index in [1.807, 2.05) is 11.8 Å². The van der Waals surface area contributed by atoms with Crippen molar-refractivity contribution in [3.63, 3.8) is 0 Å². The second-order valence-corrected chi connectivity index (χ2v) is 13.5. The third kappa shape index (κ3) is 10.1. The van der Waals surface area contributed by atoms with Crippen LogP contribution in [0.4, 0.5) is 4.79 Å². The highest BCUT2D eigenvalue weighted by atomic mass is 16.7. The Morgan fingerprint density at radius 1 is 0.884 bits per heavy atom. The number of carbonyl (C=O) groups is 2. The highest BCUT2D eigenvalue weighted by Crippen LogP contribution is 2.81. The number of amides is 1. The van der Waals surface area contributed by atoms with Crippen molar-refractivity contribution in [1.82, 2.24) is 4.90 Å². The van der Waals surface area contributed by atoms with Gasteiger partial charge in [0.05, 0.1) is 0 Å². The molecule has 43 heavy (non-hydrogen) atoms. The van der Waals surface area contributed by atoms with E-state index in [2.05, 4.69) is 37.3 Å². The Bertz CT molecular complexity index is 906. The lowest BCUT2D eigenvalue weighted by molar-refractivity contribution is -0.108. The first-order valence-corrected chi connectivity index (χ1v) is 18.0. The van der Waals surface area contributed by atoms with E-state index in [-0.39, 0.29) is 12.1 Å². The molecule has 1 amide bonds. The number of aldehydes is 1. The number of rotatable bonds is 21. The standard InChI is InChI=1S/C20H27NO3.C18H36O/c1-4-21(19(22)24-13(2)23-3)18-16-11-10-15-12-20(15,16)17(18)14-8-6-5-7-9-14;1-2-3-4-5-6-7-8-9-10-11-12-13-14-15-16-17-18-19/h5-9,13,15-18H,4,10-12H2,1-3H3;18H,2-17H2,1H3. The van der Waals surface area contributed by atoms with E-state index in [0.717, 1.165) is 25.0 Å². The molecule has 1 aromatic carbocycles. The first kappa shape index (κ1) is 35.6. The van der Waals surface area contributed by atoms with Crippen LogP contribution in [0.5, 0.6) is 0 Å². The van der Waals surface area contributed by atoms with Gasteiger partial charge in [-0.15, -0.1) is 0 Å². The van der Waals surface area contributed by atoms with Crippen LogP contribution in [0.2, 0.25) is 0 Å². The van der Waals surface area contributed by atoms with E-state index < -0.39 is 6.29 Å². The van der Waals surface area contributed by atoms with Crippen LogP contribution in [-0.4, -0.2) is 43.3 Å². The van der Waals surface area contributed by atoms with Crippen molar-refractivity contribution in [2.24, 2.45) is 17.3 Å². The van der Waals surface area contributed by atoms with Gasteiger partial charge in [-0.1, -0.05) is 127 Å². The van der Waals surface area contributed by atoms with E-state index in [1.54, 1.807) is 14.0 Å². The van der Waals surface area contributed by atoms with Crippen molar-refractivity contribution < 1.29 is 19.1 Å². The maximum atomic E-state index is 12.7. The lowest BCUT2D eigenvalue weighted by Crippen LogP contribution is -2.60. The maximum Gasteiger partial charge on any atom is 0.412 e. The summed E-state index contributed by atoms with van der Waals surface area (Å²) in [6.45, 7) is 6.77. The molecule has 0 aromatic heterocycles. The van der Waals surface area contributed by atoms with Crippen molar-refractivity contribution in [1.29, 1.82) is 0 Å². The first-order chi connectivity index (χ1) is 21.0. The predicted octanol–water partition coefficient (Wildman–Crippen LogP) is 10.5. The van der Waals surface area contributed by atoms with Crippen molar-refractivity contribution in [2.45, 2.75) is 161 Å². The number of benzene rings is 1. The number of carbonyl (C=O) groups excluding carboxylic acids is 2. The molecule has 0 saturated heterocycles. The monoisotopic (exact) mass is 597 g/mol. The molecule has 0 N–H and O–H groups in total. The molecular formula is C38H63NO4. The molecule has 4 rings (SSSR count). The van der Waals surface area contributed by atoms with Crippen molar-refractivity contribution in [3.05, 3.63) is 35.9 Å². The third-order valence-corrected chi connectivity index (χ3v) is 10.7. The number of hydrogen-bond acceptors (Lipinski definition) is 4. The predicted molar refractivity (Wildman–Crippen MR) is 177 cm³/mol. The Morgan fingerprint density at radius 3 is 1.93 bits per heavy atom. The van der Waals surface area contributed by atoms with Crippen LogP contribution in [0.3, 0.4) is 0 Å². The molecule has 6 unspecified atom stereocenters. The molecule has 3 fully saturated rings. The van der Waals surface area contributed by atoms with Gasteiger partial charge in [-0.3, -0.25) is 0 Å². The zero-order chi connectivity index (χ0) is 30.9. The minimum absolute atomic E-state index is 0.239. The summed E-state index contributed by atoms with van der Waals surface area (Å²) in [6, 6.07) is 11.0. The van der Waals surface area contributed by atoms with E-state index in [0.29, 0.717) is 23.8 Å². The van der Waals surface area contributed by atoms with Crippen LogP contribution < -0.4 is 0 Å². The van der Waals surface area contributed by atoms with Gasteiger partial charge in [0.15, 0.2) is 0 Å². The number of methoxy groups -OCH3 is 1. The SMILES string of the molecule is CCCCCCCCCCCCCCCCCC=O.CCN(C(=O)OC(C)OC)C1C2CCC3CC32C1c1ccccc1. The molecule has 0 aliphatic heterocycles. The fourth-order valence-electron chi connectivity index (χ4n) is 8.26. The van der Waals surface area contributed by atoms with E-state index in [1.165, 1.54) is 115 Å². The van der Waals surface area contributed by atoms with Gasteiger partial charge in [-0.05, 0) is 62.3 Å². The second kappa shape index (κ2) is 19.5. The summed E-state index contributed by atoms with van der Waals surface area (Å²) in [7, 11) is 1.56. The van der Waals surface area contributed by atoms with Gasteiger partial charge in [0.1, 0.15) is 6.29 Å². The summed E-state index contributed by atoms with van der Waals surface area (Å²) in [4.78, 5) is 24.8. The van der Waals surface area contributed by atoms with Gasteiger partial charge in [0.2, 0.25) is 6.29 Å². The van der Waals surface area contributed by atoms with Crippen LogP contribution >= 0.6 is 0 Å². The van der Waals surface area contributed by atoms with E-state index in [4.69, 9.17) is 9.47 Å². The van der Waals surface area contributed by atoms with Crippen molar-refractivity contribution in [3.8, 4) is 0 Å². The third-order valence-electron chi connectivity index (χ3n) is 10.7. The smallest absolute Gasteiger partial charge is 0.412 e. The average molecular weight is 598 g/mol. The van der Waals surface area contributed by atoms with Gasteiger partial charge < -0.3 is 19.2 Å². The molecular weight excluding hydrogens is 534 g/mol. The molecule has 0 bridgehead atoms. The summed E-state index contributed by atoms with van der Waals surface area (Å²) >= 11 is 0. The molecule has 5 nitrogen and oxygen atoms in total. The van der Waals surface area contributed by atoms with Gasteiger partial charge in [0.25, 0.3) is 0 Å². The lowest BCUT2D eigenvalue weighted by Gasteiger charge is -2.56. The minimum Gasteiger partial charge on any atom is -0.420 e. The number of ether oxygens (including phenoxy) is 2. The molecule has 3 saturated carbocycles. The summed E-state index contributed by atoms with van der Waals surface area (Å²) in [5.41, 5.74) is 1.85. The Labute approximate surface area is 263 Å². The fourth-order valence-corrected chi connectivity index (χ4v) is 8.26. The lowest BCUT2D eigenvalue weighted by atomic mass is 9.55. The van der Waals surface area contributed by atoms with Crippen LogP contribution in [0.1, 0.15) is 154 Å². The minimum atomic E-state index is -0.506. The molecule has 1 spiro atoms. The Hall–Kier alpha value is -1.88. The Morgan fingerprint density at radius 2 is 1.44 bits per heavy atom. The number of hydrogen-bond donors (Lipinski definition) is 0. The van der Waals surface area contributed by atoms with Gasteiger partial charge in [0, 0.05) is 32.0 Å². The largest absolute Gasteiger partial charge is 0.420 e. The molecule has 0 radical (unpaired) electrons. The van der Waals surface area contributed by atoms with E-state index >= 15 is 0 Å². The normalized spacial score (nSPS) is 25.4. The highest BCUT2D eigenvalue weighted by Gasteiger charge is 2.77. The van der Waals surface area contributed by atoms with Gasteiger partial charge in [-0.2, -0.15) is 0 Å². The molecule has 6 atom stereocenters. The Kier molecular flexibility index (Phi) is 16.1. The summed E-state index contributed by atoms with van der Waals surface area (Å²) in [5.74, 6) is 1.97. The summed E-state index contributed by atoms with van der Waals surface area (Å²) in [6.07, 6.45) is 25.8. The van der Waals surface area contributed by atoms with Gasteiger partial charge in [-0.25, -0.2) is 4.79 Å². The van der Waals surface area contributed by atoms with Crippen molar-refractivity contribution >= 4 is 12.4 Å². The van der Waals surface area contributed by atoms with Crippen LogP contribution in [0.25, 0.3) is 0 Å². The Balaban J connectivity index is 0.000000244. The number of unbranched alkanes of at least 4 members (excludes halogenated alkanes) is 15. The zero-order valence-corrected chi connectivity index (χ0v) is 28.1. The second-order valence-electron chi connectivity index (χ2n) is 13.5. The van der Waals surface area contributed by atoms with E-state index in [9.17, 15) is 9.59 Å². The number of nitrogens with zero attached hydrogens (tertiary/aromatic N) is 1. The quantitative estimate of drug-likeness (QED) is 0.0803. The zero-order valence-electron chi connectivity index (χ0n) is 28.1. The topological polar surface area (TPSA) is 55.8 Å². The highest BCUT2D eigenvalue weighted by molar-refractivity contribution is 5.69. The van der Waals surface area contributed by atoms with Crippen molar-refractivity contribution in [2.75, 3.05) is 13.7 Å². The molecule has 5 heteroatoms. The molecule has 3 aliphatic carbocycles. The maximum absolute atomic E-state index is 12.7. The van der Waals surface area contributed by atoms with Crippen LogP contribution in [-0.2, 0) is 14.3 Å². The first-order valence-electron chi connectivity index (χ1n) is 18.0.